The Morgan fingerprint density at radius 2 is 1.13 bits per heavy atom. The van der Waals surface area contributed by atoms with E-state index in [4.69, 9.17) is 9.99 Å². The van der Waals surface area contributed by atoms with Crippen molar-refractivity contribution < 1.29 is 14.3 Å². The normalized spacial score (nSPS) is 17.2. The van der Waals surface area contributed by atoms with Crippen molar-refractivity contribution in [2.24, 2.45) is 5.16 Å². The van der Waals surface area contributed by atoms with Crippen LogP contribution in [0.4, 0.5) is 4.53 Å². The second-order valence-corrected chi connectivity index (χ2v) is 11.1. The van der Waals surface area contributed by atoms with Crippen molar-refractivity contribution >= 4 is 5.96 Å². The maximum absolute atomic E-state index is 14.2. The third-order valence-corrected chi connectivity index (χ3v) is 7.78. The number of nitrogens with zero attached hydrogens (tertiary/aromatic N) is 3. The largest absolute Gasteiger partial charge is 0.353 e. The predicted molar refractivity (Wildman–Crippen MR) is 179 cm³/mol. The van der Waals surface area contributed by atoms with Crippen molar-refractivity contribution in [2.45, 2.75) is 45.0 Å². The van der Waals surface area contributed by atoms with Crippen molar-refractivity contribution in [2.75, 3.05) is 6.54 Å². The molecule has 2 atom stereocenters. The fourth-order valence-corrected chi connectivity index (χ4v) is 5.45. The van der Waals surface area contributed by atoms with Crippen LogP contribution in [0.1, 0.15) is 28.7 Å². The van der Waals surface area contributed by atoms with Crippen molar-refractivity contribution in [1.82, 2.24) is 9.80 Å². The van der Waals surface area contributed by atoms with Crippen LogP contribution in [0.25, 0.3) is 0 Å². The zero-order valence-corrected chi connectivity index (χ0v) is 25.7. The monoisotopic (exact) mass is 601 g/mol. The molecule has 0 amide bonds. The summed E-state index contributed by atoms with van der Waals surface area (Å²) in [5.74, 6) is 1.29. The van der Waals surface area contributed by atoms with Gasteiger partial charge in [0.05, 0.1) is 6.04 Å². The molecule has 5 aromatic carbocycles. The van der Waals surface area contributed by atoms with E-state index in [9.17, 15) is 4.53 Å². The molecule has 1 fully saturated rings. The number of hydrogen-bond acceptors (Lipinski definition) is 3. The molecule has 1 aliphatic heterocycles. The summed E-state index contributed by atoms with van der Waals surface area (Å²) in [4.78, 5) is 15.0. The topological polar surface area (TPSA) is 37.3 Å². The van der Waals surface area contributed by atoms with Gasteiger partial charge in [-0.3, -0.25) is 0 Å². The Morgan fingerprint density at radius 3 is 1.64 bits per heavy atom. The molecule has 1 heterocycles. The first-order valence-electron chi connectivity index (χ1n) is 15.4. The van der Waals surface area contributed by atoms with Gasteiger partial charge in [-0.05, 0) is 58.3 Å². The van der Waals surface area contributed by atoms with E-state index < -0.39 is 6.10 Å². The van der Waals surface area contributed by atoms with Gasteiger partial charge >= 0.3 is 0 Å². The smallest absolute Gasteiger partial charge is 0.240 e. The molecule has 0 aliphatic carbocycles. The molecule has 1 aliphatic rings. The summed E-state index contributed by atoms with van der Waals surface area (Å²) in [6, 6.07) is 50.0. The molecule has 0 spiro atoms. The molecule has 230 valence electrons. The Hall–Kier alpha value is -4.94. The summed E-state index contributed by atoms with van der Waals surface area (Å²) < 4.78 is 14.2. The van der Waals surface area contributed by atoms with Crippen LogP contribution in [0.15, 0.2) is 157 Å². The van der Waals surface area contributed by atoms with Crippen LogP contribution in [-0.2, 0) is 24.5 Å². The van der Waals surface area contributed by atoms with Crippen molar-refractivity contribution in [3.63, 3.8) is 0 Å². The van der Waals surface area contributed by atoms with Gasteiger partial charge in [0, 0.05) is 19.6 Å². The predicted octanol–water partition coefficient (Wildman–Crippen LogP) is 8.62. The molecule has 0 saturated carbocycles. The standard InChI is InChI=1S/C32H32FN3O2.C7H8/c33-37-31-21-22-35(24-27-15-7-2-8-16-27)32(34-38-29-19-11-4-12-20-29)36(25-28-17-9-3-10-18-28)30(31)23-26-13-5-1-6-14-26;1-7-5-3-2-4-6-7/h1-20,30-31H,21-25H2;2-6H,1H3. The van der Waals surface area contributed by atoms with Crippen LogP contribution in [-0.4, -0.2) is 34.4 Å². The maximum atomic E-state index is 14.2. The highest BCUT2D eigenvalue weighted by Crippen LogP contribution is 2.27. The number of hydrogen-bond donors (Lipinski definition) is 0. The number of halogens is 1. The molecule has 2 unspecified atom stereocenters. The number of para-hydroxylation sites is 1. The lowest BCUT2D eigenvalue weighted by atomic mass is 9.98. The van der Waals surface area contributed by atoms with Gasteiger partial charge in [0.2, 0.25) is 5.96 Å². The second kappa shape index (κ2) is 16.8. The Labute approximate surface area is 266 Å². The lowest BCUT2D eigenvalue weighted by Crippen LogP contribution is -2.50. The first kappa shape index (κ1) is 31.5. The zero-order valence-electron chi connectivity index (χ0n) is 25.7. The van der Waals surface area contributed by atoms with Crippen LogP contribution >= 0.6 is 0 Å². The van der Waals surface area contributed by atoms with Crippen LogP contribution < -0.4 is 4.84 Å². The van der Waals surface area contributed by atoms with Crippen LogP contribution in [0.3, 0.4) is 0 Å². The number of guanidine groups is 1. The summed E-state index contributed by atoms with van der Waals surface area (Å²) >= 11 is 0. The van der Waals surface area contributed by atoms with Gasteiger partial charge in [-0.2, -0.15) is 4.94 Å². The minimum Gasteiger partial charge on any atom is -0.353 e. The molecule has 0 bridgehead atoms. The SMILES string of the molecule is Cc1ccccc1.FOC1CCN(Cc2ccccc2)C(=NOc2ccccc2)N(Cc2ccccc2)C1Cc1ccccc1. The van der Waals surface area contributed by atoms with Crippen molar-refractivity contribution in [3.8, 4) is 5.75 Å². The summed E-state index contributed by atoms with van der Waals surface area (Å²) in [7, 11) is 0. The highest BCUT2D eigenvalue weighted by Gasteiger charge is 2.38. The van der Waals surface area contributed by atoms with E-state index in [1.807, 2.05) is 103 Å². The van der Waals surface area contributed by atoms with E-state index in [2.05, 4.69) is 70.2 Å². The quantitative estimate of drug-likeness (QED) is 0.159. The van der Waals surface area contributed by atoms with Crippen LogP contribution in [0.2, 0.25) is 0 Å². The average molecular weight is 602 g/mol. The van der Waals surface area contributed by atoms with Gasteiger partial charge in [0.25, 0.3) is 0 Å². The molecule has 0 radical (unpaired) electrons. The molecule has 6 heteroatoms. The van der Waals surface area contributed by atoms with Crippen molar-refractivity contribution in [3.05, 3.63) is 174 Å². The van der Waals surface area contributed by atoms with Gasteiger partial charge in [0.1, 0.15) is 6.10 Å². The van der Waals surface area contributed by atoms with Gasteiger partial charge in [-0.25, -0.2) is 0 Å². The summed E-state index contributed by atoms with van der Waals surface area (Å²) in [5, 5.41) is 4.72. The number of benzene rings is 5. The van der Waals surface area contributed by atoms with E-state index in [0.717, 1.165) is 16.7 Å². The van der Waals surface area contributed by atoms with Gasteiger partial charge in [-0.1, -0.05) is 145 Å². The number of oxime groups is 1. The first-order chi connectivity index (χ1) is 22.2. The second-order valence-electron chi connectivity index (χ2n) is 11.1. The summed E-state index contributed by atoms with van der Waals surface area (Å²) in [6.07, 6.45) is 0.476. The maximum Gasteiger partial charge on any atom is 0.240 e. The van der Waals surface area contributed by atoms with Crippen LogP contribution in [0, 0.1) is 6.92 Å². The van der Waals surface area contributed by atoms with Crippen LogP contribution in [0.5, 0.6) is 5.75 Å². The lowest BCUT2D eigenvalue weighted by Gasteiger charge is -2.37. The first-order valence-corrected chi connectivity index (χ1v) is 15.4. The molecule has 5 nitrogen and oxygen atoms in total. The zero-order chi connectivity index (χ0) is 31.1. The fourth-order valence-electron chi connectivity index (χ4n) is 5.45. The third-order valence-electron chi connectivity index (χ3n) is 7.78. The van der Waals surface area contributed by atoms with E-state index in [0.29, 0.717) is 44.2 Å². The van der Waals surface area contributed by atoms with Gasteiger partial charge in [-0.15, -0.1) is 0 Å². The van der Waals surface area contributed by atoms with E-state index in [-0.39, 0.29) is 6.04 Å². The fraction of sp³-hybridized carbons (Fsp3) is 0.205. The van der Waals surface area contributed by atoms with Gasteiger partial charge in [0.15, 0.2) is 5.75 Å². The Morgan fingerprint density at radius 1 is 0.644 bits per heavy atom. The highest BCUT2D eigenvalue weighted by atomic mass is 19.3. The Kier molecular flexibility index (Phi) is 11.7. The number of aryl methyl sites for hydroxylation is 1. The van der Waals surface area contributed by atoms with Crippen molar-refractivity contribution in [1.29, 1.82) is 0 Å². The third kappa shape index (κ3) is 9.52. The molecule has 0 aromatic heterocycles. The highest BCUT2D eigenvalue weighted by molar-refractivity contribution is 5.80. The minimum atomic E-state index is -0.637. The lowest BCUT2D eigenvalue weighted by molar-refractivity contribution is -0.196. The molecule has 5 aromatic rings. The van der Waals surface area contributed by atoms with E-state index in [1.54, 1.807) is 0 Å². The molecule has 0 N–H and O–H groups in total. The average Bonchev–Trinajstić information content (AvgIpc) is 3.22. The Bertz CT molecular complexity index is 1560. The molecule has 6 rings (SSSR count). The Balaban J connectivity index is 0.000000505. The van der Waals surface area contributed by atoms with E-state index >= 15 is 0 Å². The molecule has 1 saturated heterocycles. The molecule has 45 heavy (non-hydrogen) atoms. The molecular formula is C39H40FN3O2. The molecular weight excluding hydrogens is 561 g/mol. The van der Waals surface area contributed by atoms with Gasteiger partial charge < -0.3 is 14.6 Å². The summed E-state index contributed by atoms with van der Waals surface area (Å²) in [5.41, 5.74) is 4.66. The minimum absolute atomic E-state index is 0.304. The van der Waals surface area contributed by atoms with E-state index in [1.165, 1.54) is 5.56 Å². The summed E-state index contributed by atoms with van der Waals surface area (Å²) in [6.45, 7) is 3.79. The number of rotatable bonds is 9.